The lowest BCUT2D eigenvalue weighted by Gasteiger charge is -2.17. The Kier molecular flexibility index (Phi) is 3.96. The zero-order valence-electron chi connectivity index (χ0n) is 12.8. The molecule has 2 aromatic carbocycles. The lowest BCUT2D eigenvalue weighted by atomic mass is 10.1. The number of benzene rings is 2. The van der Waals surface area contributed by atoms with Gasteiger partial charge in [-0.25, -0.2) is 4.79 Å². The van der Waals surface area contributed by atoms with Crippen LogP contribution in [-0.4, -0.2) is 12.6 Å². The van der Waals surface area contributed by atoms with E-state index < -0.39 is 0 Å². The molecule has 2 aromatic rings. The first-order valence-electron chi connectivity index (χ1n) is 7.29. The number of carbonyl (C=O) groups is 1. The van der Waals surface area contributed by atoms with Gasteiger partial charge < -0.3 is 9.47 Å². The Labute approximate surface area is 130 Å². The Morgan fingerprint density at radius 3 is 2.86 bits per heavy atom. The van der Waals surface area contributed by atoms with Crippen LogP contribution in [0.25, 0.3) is 6.08 Å². The smallest absolute Gasteiger partial charge is 0.337 e. The average molecular weight is 294 g/mol. The van der Waals surface area contributed by atoms with E-state index in [2.05, 4.69) is 6.07 Å². The third-order valence-electron chi connectivity index (χ3n) is 3.76. The summed E-state index contributed by atoms with van der Waals surface area (Å²) in [7, 11) is 0. The number of rotatable bonds is 3. The van der Waals surface area contributed by atoms with Gasteiger partial charge in [0.15, 0.2) is 0 Å². The molecule has 0 saturated heterocycles. The number of esters is 1. The topological polar surface area (TPSA) is 35.5 Å². The number of fused-ring (bicyclic) bond motifs is 1. The monoisotopic (exact) mass is 294 g/mol. The van der Waals surface area contributed by atoms with Gasteiger partial charge in [0.25, 0.3) is 0 Å². The summed E-state index contributed by atoms with van der Waals surface area (Å²) in [5.74, 6) is 0.476. The van der Waals surface area contributed by atoms with Gasteiger partial charge in [-0.1, -0.05) is 42.0 Å². The zero-order chi connectivity index (χ0) is 15.5. The molecule has 0 aliphatic carbocycles. The van der Waals surface area contributed by atoms with Gasteiger partial charge in [-0.05, 0) is 37.1 Å². The molecule has 0 spiro atoms. The Balaban J connectivity index is 1.71. The van der Waals surface area contributed by atoms with E-state index in [1.54, 1.807) is 0 Å². The van der Waals surface area contributed by atoms with Crippen LogP contribution in [-0.2, 0) is 16.1 Å². The van der Waals surface area contributed by atoms with Crippen LogP contribution in [0.15, 0.2) is 48.0 Å². The lowest BCUT2D eigenvalue weighted by molar-refractivity contribution is -0.140. The summed E-state index contributed by atoms with van der Waals surface area (Å²) in [5.41, 5.74) is 4.77. The van der Waals surface area contributed by atoms with E-state index in [1.165, 1.54) is 0 Å². The highest BCUT2D eigenvalue weighted by atomic mass is 16.5. The largest absolute Gasteiger partial charge is 0.488 e. The normalized spacial score (nSPS) is 12.9. The first-order valence-corrected chi connectivity index (χ1v) is 7.29. The van der Waals surface area contributed by atoms with Gasteiger partial charge in [0.05, 0.1) is 5.57 Å². The molecule has 1 heterocycles. The first-order chi connectivity index (χ1) is 10.6. The molecule has 1 aliphatic heterocycles. The van der Waals surface area contributed by atoms with E-state index >= 15 is 0 Å². The maximum absolute atomic E-state index is 12.2. The van der Waals surface area contributed by atoms with Gasteiger partial charge in [-0.15, -0.1) is 0 Å². The Morgan fingerprint density at radius 1 is 1.18 bits per heavy atom. The minimum Gasteiger partial charge on any atom is -0.488 e. The van der Waals surface area contributed by atoms with Gasteiger partial charge in [0.1, 0.15) is 19.0 Å². The summed E-state index contributed by atoms with van der Waals surface area (Å²) in [6.07, 6.45) is 1.84. The molecule has 1 aliphatic rings. The summed E-state index contributed by atoms with van der Waals surface area (Å²) >= 11 is 0. The predicted octanol–water partition coefficient (Wildman–Crippen LogP) is 3.82. The number of ether oxygens (including phenoxy) is 2. The van der Waals surface area contributed by atoms with Crippen molar-refractivity contribution in [3.8, 4) is 5.75 Å². The van der Waals surface area contributed by atoms with Crippen molar-refractivity contribution in [1.82, 2.24) is 0 Å². The van der Waals surface area contributed by atoms with Crippen LogP contribution in [0.5, 0.6) is 5.75 Å². The number of carbonyl (C=O) groups excluding carboxylic acids is 1. The van der Waals surface area contributed by atoms with Crippen molar-refractivity contribution in [1.29, 1.82) is 0 Å². The lowest BCUT2D eigenvalue weighted by Crippen LogP contribution is -2.17. The van der Waals surface area contributed by atoms with Crippen LogP contribution < -0.4 is 4.74 Å². The maximum Gasteiger partial charge on any atom is 0.337 e. The first kappa shape index (κ1) is 14.4. The highest BCUT2D eigenvalue weighted by molar-refractivity contribution is 5.95. The molecule has 0 fully saturated rings. The highest BCUT2D eigenvalue weighted by Crippen LogP contribution is 2.26. The van der Waals surface area contributed by atoms with Crippen molar-refractivity contribution in [2.24, 2.45) is 0 Å². The summed E-state index contributed by atoms with van der Waals surface area (Å²) in [5, 5.41) is 0. The summed E-state index contributed by atoms with van der Waals surface area (Å²) in [4.78, 5) is 12.2. The fourth-order valence-electron chi connectivity index (χ4n) is 2.43. The van der Waals surface area contributed by atoms with Crippen LogP contribution in [0, 0.1) is 13.8 Å². The van der Waals surface area contributed by atoms with Crippen LogP contribution in [0.1, 0.15) is 22.3 Å². The average Bonchev–Trinajstić information content (AvgIpc) is 2.55. The summed E-state index contributed by atoms with van der Waals surface area (Å²) in [6.45, 7) is 4.58. The molecular formula is C19H18O3. The van der Waals surface area contributed by atoms with Gasteiger partial charge in [-0.3, -0.25) is 0 Å². The van der Waals surface area contributed by atoms with Crippen molar-refractivity contribution in [2.45, 2.75) is 20.5 Å². The SMILES string of the molecule is Cc1ccc(C)c(COC(=O)C2=Cc3ccccc3OC2)c1. The fourth-order valence-corrected chi connectivity index (χ4v) is 2.43. The molecule has 0 radical (unpaired) electrons. The number of hydrogen-bond donors (Lipinski definition) is 0. The Hall–Kier alpha value is -2.55. The molecule has 0 unspecified atom stereocenters. The Bertz CT molecular complexity index is 744. The van der Waals surface area contributed by atoms with Crippen LogP contribution in [0.3, 0.4) is 0 Å². The van der Waals surface area contributed by atoms with Gasteiger partial charge in [-0.2, -0.15) is 0 Å². The fraction of sp³-hybridized carbons (Fsp3) is 0.211. The molecule has 0 N–H and O–H groups in total. The second-order valence-corrected chi connectivity index (χ2v) is 5.50. The molecule has 0 bridgehead atoms. The second-order valence-electron chi connectivity index (χ2n) is 5.50. The van der Waals surface area contributed by atoms with Crippen LogP contribution in [0.4, 0.5) is 0 Å². The molecule has 3 nitrogen and oxygen atoms in total. The molecule has 0 amide bonds. The van der Waals surface area contributed by atoms with E-state index in [-0.39, 0.29) is 19.2 Å². The molecule has 112 valence electrons. The highest BCUT2D eigenvalue weighted by Gasteiger charge is 2.18. The van der Waals surface area contributed by atoms with E-state index in [1.807, 2.05) is 56.3 Å². The predicted molar refractivity (Wildman–Crippen MR) is 85.6 cm³/mol. The molecule has 0 saturated carbocycles. The van der Waals surface area contributed by atoms with Gasteiger partial charge >= 0.3 is 5.97 Å². The van der Waals surface area contributed by atoms with Crippen molar-refractivity contribution in [3.63, 3.8) is 0 Å². The van der Waals surface area contributed by atoms with Crippen molar-refractivity contribution < 1.29 is 14.3 Å². The standard InChI is InChI=1S/C19H18O3/c1-13-7-8-14(2)16(9-13)11-22-19(20)17-10-15-5-3-4-6-18(15)21-12-17/h3-10H,11-12H2,1-2H3. The zero-order valence-corrected chi connectivity index (χ0v) is 12.8. The number of para-hydroxylation sites is 1. The van der Waals surface area contributed by atoms with Crippen molar-refractivity contribution in [3.05, 3.63) is 70.3 Å². The molecule has 3 heteroatoms. The van der Waals surface area contributed by atoms with E-state index in [9.17, 15) is 4.79 Å². The minimum atomic E-state index is -0.324. The van der Waals surface area contributed by atoms with Crippen molar-refractivity contribution in [2.75, 3.05) is 6.61 Å². The third kappa shape index (κ3) is 3.03. The molecule has 22 heavy (non-hydrogen) atoms. The number of aryl methyl sites for hydroxylation is 2. The van der Waals surface area contributed by atoms with E-state index in [4.69, 9.17) is 9.47 Å². The minimum absolute atomic E-state index is 0.253. The molecule has 0 aromatic heterocycles. The second kappa shape index (κ2) is 6.06. The third-order valence-corrected chi connectivity index (χ3v) is 3.76. The summed E-state index contributed by atoms with van der Waals surface area (Å²) < 4.78 is 11.0. The van der Waals surface area contributed by atoms with Gasteiger partial charge in [0.2, 0.25) is 0 Å². The molecule has 0 atom stereocenters. The molecular weight excluding hydrogens is 276 g/mol. The van der Waals surface area contributed by atoms with E-state index in [0.717, 1.165) is 28.0 Å². The van der Waals surface area contributed by atoms with Crippen LogP contribution in [0.2, 0.25) is 0 Å². The van der Waals surface area contributed by atoms with Crippen LogP contribution >= 0.6 is 0 Å². The van der Waals surface area contributed by atoms with Crippen molar-refractivity contribution >= 4 is 12.0 Å². The summed E-state index contributed by atoms with van der Waals surface area (Å²) in [6, 6.07) is 13.8. The Morgan fingerprint density at radius 2 is 2.00 bits per heavy atom. The maximum atomic E-state index is 12.2. The van der Waals surface area contributed by atoms with Gasteiger partial charge in [0, 0.05) is 5.56 Å². The number of hydrogen-bond acceptors (Lipinski definition) is 3. The quantitative estimate of drug-likeness (QED) is 0.807. The van der Waals surface area contributed by atoms with E-state index in [0.29, 0.717) is 5.57 Å². The molecule has 3 rings (SSSR count).